The van der Waals surface area contributed by atoms with Crippen molar-refractivity contribution in [1.82, 2.24) is 35.1 Å². The topological polar surface area (TPSA) is 168 Å². The predicted octanol–water partition coefficient (Wildman–Crippen LogP) is 5.75. The Morgan fingerprint density at radius 3 is 2.60 bits per heavy atom. The van der Waals surface area contributed by atoms with Gasteiger partial charge in [-0.2, -0.15) is 0 Å². The van der Waals surface area contributed by atoms with E-state index in [-0.39, 0.29) is 41.9 Å². The number of furan rings is 1. The second-order valence-corrected chi connectivity index (χ2v) is 22.0. The Labute approximate surface area is 347 Å². The molecule has 0 spiro atoms. The fourth-order valence-electron chi connectivity index (χ4n) is 8.41. The first-order chi connectivity index (χ1) is 28.9. The second-order valence-electron chi connectivity index (χ2n) is 16.7. The van der Waals surface area contributed by atoms with Crippen LogP contribution in [0, 0.1) is 18.8 Å². The van der Waals surface area contributed by atoms with E-state index in [9.17, 15) is 19.2 Å². The Morgan fingerprint density at radius 1 is 0.983 bits per heavy atom. The number of benzene rings is 1. The summed E-state index contributed by atoms with van der Waals surface area (Å²) < 4.78 is 7.41. The number of amides is 3. The molecule has 3 aliphatic heterocycles. The number of rotatable bonds is 6. The summed E-state index contributed by atoms with van der Waals surface area (Å²) in [5, 5.41) is 6.89. The minimum atomic E-state index is -1.21. The van der Waals surface area contributed by atoms with Crippen LogP contribution in [0.4, 0.5) is 17.3 Å². The van der Waals surface area contributed by atoms with Crippen molar-refractivity contribution in [3.63, 3.8) is 0 Å². The minimum Gasteiger partial charge on any atom is -0.464 e. The summed E-state index contributed by atoms with van der Waals surface area (Å²) in [7, 11) is 0.626. The number of anilines is 3. The Hall–Kier alpha value is -6.66. The molecular weight excluding hydrogens is 775 g/mol. The molecule has 1 aromatic carbocycles. The van der Waals surface area contributed by atoms with Gasteiger partial charge in [0.05, 0.1) is 49.9 Å². The highest BCUT2D eigenvalue weighted by atomic mass is 28.3. The summed E-state index contributed by atoms with van der Waals surface area (Å²) in [6.07, 6.45) is 7.35. The first-order valence-electron chi connectivity index (χ1n) is 20.4. The lowest BCUT2D eigenvalue weighted by atomic mass is 9.90. The summed E-state index contributed by atoms with van der Waals surface area (Å²) >= 11 is 0. The molecule has 1 atom stereocenters. The van der Waals surface area contributed by atoms with Gasteiger partial charge in [-0.15, -0.1) is 0 Å². The number of aromatic nitrogens is 5. The molecule has 8 heterocycles. The van der Waals surface area contributed by atoms with Crippen LogP contribution >= 0.6 is 0 Å². The van der Waals surface area contributed by atoms with Gasteiger partial charge >= 0.3 is 0 Å². The van der Waals surface area contributed by atoms with E-state index < -0.39 is 14.0 Å². The lowest BCUT2D eigenvalue weighted by Gasteiger charge is -2.37. The van der Waals surface area contributed by atoms with Crippen LogP contribution in [0.15, 0.2) is 70.3 Å². The van der Waals surface area contributed by atoms with Crippen LogP contribution < -0.4 is 26.0 Å². The molecule has 60 heavy (non-hydrogen) atoms. The molecule has 0 radical (unpaired) electrons. The van der Waals surface area contributed by atoms with E-state index in [0.717, 1.165) is 77.3 Å². The smallest absolute Gasteiger partial charge is 0.270 e. The van der Waals surface area contributed by atoms with Gasteiger partial charge in [-0.3, -0.25) is 29.5 Å². The number of hydrogen-bond donors (Lipinski definition) is 2. The van der Waals surface area contributed by atoms with Gasteiger partial charge in [-0.05, 0) is 74.7 Å². The number of hydrogen-bond acceptors (Lipinski definition) is 11. The third kappa shape index (κ3) is 7.43. The normalized spacial score (nSPS) is 17.6. The van der Waals surface area contributed by atoms with E-state index in [1.54, 1.807) is 35.2 Å². The van der Waals surface area contributed by atoms with Gasteiger partial charge in [0.25, 0.3) is 11.5 Å². The Kier molecular flexibility index (Phi) is 10.0. The monoisotopic (exact) mass is 819 g/mol. The van der Waals surface area contributed by atoms with Crippen molar-refractivity contribution in [1.29, 1.82) is 0 Å². The molecule has 9 rings (SSSR count). The number of piperidine rings is 1. The Morgan fingerprint density at radius 2 is 1.82 bits per heavy atom. The lowest BCUT2D eigenvalue weighted by Crippen LogP contribution is -2.43. The highest BCUT2D eigenvalue weighted by Gasteiger charge is 2.32. The van der Waals surface area contributed by atoms with Gasteiger partial charge in [-0.1, -0.05) is 24.9 Å². The van der Waals surface area contributed by atoms with Crippen molar-refractivity contribution < 1.29 is 18.8 Å². The van der Waals surface area contributed by atoms with Crippen molar-refractivity contribution in [2.45, 2.75) is 63.7 Å². The predicted molar refractivity (Wildman–Crippen MR) is 232 cm³/mol. The van der Waals surface area contributed by atoms with Crippen LogP contribution in [0.25, 0.3) is 33.3 Å². The summed E-state index contributed by atoms with van der Waals surface area (Å²) in [5.74, 6) is 6.83. The van der Waals surface area contributed by atoms with Crippen molar-refractivity contribution >= 4 is 65.0 Å². The molecule has 2 N–H and O–H groups in total. The van der Waals surface area contributed by atoms with Crippen molar-refractivity contribution in [3.8, 4) is 23.2 Å². The van der Waals surface area contributed by atoms with Gasteiger partial charge in [-0.25, -0.2) is 15.0 Å². The molecule has 304 valence electrons. The Bertz CT molecular complexity index is 2850. The highest BCUT2D eigenvalue weighted by Crippen LogP contribution is 2.39. The van der Waals surface area contributed by atoms with Crippen molar-refractivity contribution in [3.05, 3.63) is 99.6 Å². The van der Waals surface area contributed by atoms with Crippen LogP contribution in [-0.2, 0) is 23.1 Å². The van der Waals surface area contributed by atoms with Gasteiger partial charge in [0.1, 0.15) is 22.9 Å². The molecule has 15 heteroatoms. The molecule has 2 fully saturated rings. The molecular formula is C45H45N9O5Si. The molecule has 14 nitrogen and oxygen atoms in total. The first-order valence-corrected chi connectivity index (χ1v) is 23.8. The summed E-state index contributed by atoms with van der Waals surface area (Å²) in [4.78, 5) is 74.3. The van der Waals surface area contributed by atoms with Crippen molar-refractivity contribution in [2.24, 2.45) is 7.05 Å². The van der Waals surface area contributed by atoms with Gasteiger partial charge in [0, 0.05) is 78.4 Å². The average molecular weight is 820 g/mol. The maximum absolute atomic E-state index is 13.1. The third-order valence-electron chi connectivity index (χ3n) is 12.0. The Balaban J connectivity index is 0.903. The lowest BCUT2D eigenvalue weighted by molar-refractivity contribution is -0.134. The SMILES string of the molecule is Cc1cc2c(N3CCCc4nc(-c5ccc(C(=O)NCC#Cc6ccc7occ(C8CCC(=O)NC8=O)c7c6)nc5)ncc43)nc(N3CC[Si](C)(C)CC3)cc2n(C)c1=O. The van der Waals surface area contributed by atoms with Crippen LogP contribution in [-0.4, -0.2) is 76.5 Å². The standard InChI is InChI=1S/C45H45N9O5Si/c1-27-21-32-36(52(2)45(27)58)23-39(53-17-19-60(3,4)20-18-53)50-42(32)54-16-6-8-34-37(54)25-48-41(49-34)29-10-12-35(47-24-29)44(57)46-15-5-7-28-9-13-38-31(22-28)33(26-59-38)30-11-14-40(55)51-43(30)56/h9-10,12-13,21-26,30H,6,8,11,14-20H2,1-4H3,(H,46,57)(H,51,55,56). The third-order valence-corrected chi connectivity index (χ3v) is 15.2. The number of carbonyl (C=O) groups excluding carboxylic acids is 3. The van der Waals surface area contributed by atoms with Gasteiger partial charge < -0.3 is 24.1 Å². The highest BCUT2D eigenvalue weighted by molar-refractivity contribution is 6.77. The number of fused-ring (bicyclic) bond motifs is 3. The number of aryl methyl sites for hydroxylation is 3. The molecule has 3 aliphatic rings. The minimum absolute atomic E-state index is 0.0139. The molecule has 0 bridgehead atoms. The molecule has 5 aromatic heterocycles. The van der Waals surface area contributed by atoms with E-state index >= 15 is 0 Å². The molecule has 2 saturated heterocycles. The summed E-state index contributed by atoms with van der Waals surface area (Å²) in [5.41, 5.74) is 6.27. The number of imide groups is 1. The van der Waals surface area contributed by atoms with E-state index in [4.69, 9.17) is 19.4 Å². The van der Waals surface area contributed by atoms with Crippen LogP contribution in [0.3, 0.4) is 0 Å². The molecule has 1 unspecified atom stereocenters. The van der Waals surface area contributed by atoms with E-state index in [1.165, 1.54) is 12.1 Å². The molecule has 0 saturated carbocycles. The van der Waals surface area contributed by atoms with Crippen LogP contribution in [0.1, 0.15) is 58.1 Å². The zero-order valence-corrected chi connectivity index (χ0v) is 35.1. The van der Waals surface area contributed by atoms with Crippen molar-refractivity contribution in [2.75, 3.05) is 36.0 Å². The van der Waals surface area contributed by atoms with Gasteiger partial charge in [0.2, 0.25) is 11.8 Å². The fourth-order valence-corrected chi connectivity index (χ4v) is 10.4. The average Bonchev–Trinajstić information content (AvgIpc) is 3.66. The molecule has 0 aliphatic carbocycles. The molecule has 3 amide bonds. The number of pyridine rings is 3. The quantitative estimate of drug-likeness (QED) is 0.119. The summed E-state index contributed by atoms with van der Waals surface area (Å²) in [6, 6.07) is 15.3. The second kappa shape index (κ2) is 15.5. The zero-order chi connectivity index (χ0) is 41.7. The number of nitrogens with zero attached hydrogens (tertiary/aromatic N) is 7. The van der Waals surface area contributed by atoms with Crippen LogP contribution in [0.5, 0.6) is 0 Å². The number of nitrogens with one attached hydrogen (secondary N) is 2. The fraction of sp³-hybridized carbons (Fsp3) is 0.333. The number of carbonyl (C=O) groups is 3. The van der Waals surface area contributed by atoms with Crippen LogP contribution in [0.2, 0.25) is 25.2 Å². The van der Waals surface area contributed by atoms with E-state index in [1.807, 2.05) is 38.4 Å². The molecule has 6 aromatic rings. The van der Waals surface area contributed by atoms with E-state index in [0.29, 0.717) is 34.5 Å². The van der Waals surface area contributed by atoms with E-state index in [2.05, 4.69) is 56.4 Å². The summed E-state index contributed by atoms with van der Waals surface area (Å²) in [6.45, 7) is 9.51. The zero-order valence-electron chi connectivity index (χ0n) is 34.1. The maximum atomic E-state index is 13.1. The van der Waals surface area contributed by atoms with Gasteiger partial charge in [0.15, 0.2) is 5.82 Å². The largest absolute Gasteiger partial charge is 0.464 e. The first kappa shape index (κ1) is 38.8. The maximum Gasteiger partial charge on any atom is 0.270 e.